The zero-order chi connectivity index (χ0) is 10.9. The van der Waals surface area contributed by atoms with E-state index in [4.69, 9.17) is 9.47 Å². The summed E-state index contributed by atoms with van der Waals surface area (Å²) < 4.78 is 11.5. The van der Waals surface area contributed by atoms with Gasteiger partial charge in [-0.15, -0.1) is 0 Å². The maximum Gasteiger partial charge on any atom is 0.157 e. The number of ether oxygens (including phenoxy) is 2. The van der Waals surface area contributed by atoms with Gasteiger partial charge in [-0.1, -0.05) is 25.5 Å². The lowest BCUT2D eigenvalue weighted by Gasteiger charge is -2.45. The molecule has 0 unspecified atom stereocenters. The van der Waals surface area contributed by atoms with Crippen molar-refractivity contribution < 1.29 is 9.47 Å². The Labute approximate surface area is 92.6 Å². The first-order chi connectivity index (χ1) is 7.16. The summed E-state index contributed by atoms with van der Waals surface area (Å²) in [5.41, 5.74) is 1.77. The Hall–Kier alpha value is -0.340. The number of allylic oxidation sites excluding steroid dienone is 2. The normalized spacial score (nSPS) is 41.7. The Kier molecular flexibility index (Phi) is 3.17. The van der Waals surface area contributed by atoms with Gasteiger partial charge in [0.25, 0.3) is 0 Å². The second-order valence-corrected chi connectivity index (χ2v) is 5.18. The molecule has 0 N–H and O–H groups in total. The highest BCUT2D eigenvalue weighted by Crippen LogP contribution is 2.43. The Bertz CT molecular complexity index is 249. The van der Waals surface area contributed by atoms with Crippen LogP contribution in [0.4, 0.5) is 0 Å². The van der Waals surface area contributed by atoms with Crippen molar-refractivity contribution in [1.82, 2.24) is 0 Å². The average Bonchev–Trinajstić information content (AvgIpc) is 2.25. The van der Waals surface area contributed by atoms with Crippen molar-refractivity contribution in [1.29, 1.82) is 0 Å². The molecule has 1 fully saturated rings. The highest BCUT2D eigenvalue weighted by molar-refractivity contribution is 5.10. The highest BCUT2D eigenvalue weighted by Gasteiger charge is 2.41. The molecule has 1 heterocycles. The van der Waals surface area contributed by atoms with E-state index in [9.17, 15) is 0 Å². The number of hydrogen-bond donors (Lipinski definition) is 0. The van der Waals surface area contributed by atoms with Crippen molar-refractivity contribution >= 4 is 0 Å². The van der Waals surface area contributed by atoms with Crippen LogP contribution in [0.15, 0.2) is 11.6 Å². The van der Waals surface area contributed by atoms with E-state index in [1.54, 1.807) is 0 Å². The van der Waals surface area contributed by atoms with Crippen LogP contribution < -0.4 is 0 Å². The van der Waals surface area contributed by atoms with Crippen LogP contribution in [0, 0.1) is 11.3 Å². The minimum absolute atomic E-state index is 0.0369. The van der Waals surface area contributed by atoms with Crippen molar-refractivity contribution in [3.8, 4) is 0 Å². The highest BCUT2D eigenvalue weighted by atomic mass is 16.7. The van der Waals surface area contributed by atoms with Crippen LogP contribution in [-0.2, 0) is 9.47 Å². The van der Waals surface area contributed by atoms with Crippen LogP contribution in [0.1, 0.15) is 40.0 Å². The molecule has 2 heteroatoms. The summed E-state index contributed by atoms with van der Waals surface area (Å²) in [6.45, 7) is 8.40. The molecule has 1 atom stereocenters. The quantitative estimate of drug-likeness (QED) is 0.619. The van der Waals surface area contributed by atoms with Gasteiger partial charge in [-0.25, -0.2) is 0 Å². The molecule has 2 rings (SSSR count). The monoisotopic (exact) mass is 210 g/mol. The molecule has 0 amide bonds. The number of rotatable bonds is 1. The van der Waals surface area contributed by atoms with Crippen molar-refractivity contribution in [3.63, 3.8) is 0 Å². The Morgan fingerprint density at radius 3 is 2.60 bits per heavy atom. The Morgan fingerprint density at radius 2 is 2.07 bits per heavy atom. The molecule has 0 bridgehead atoms. The van der Waals surface area contributed by atoms with Crippen molar-refractivity contribution in [2.45, 2.75) is 46.3 Å². The van der Waals surface area contributed by atoms with Crippen molar-refractivity contribution in [2.75, 3.05) is 13.2 Å². The van der Waals surface area contributed by atoms with E-state index in [0.717, 1.165) is 26.1 Å². The SMILES string of the molecule is CCC1OCC2(CC=C(C)C[C@@H]2C)CO1. The molecule has 15 heavy (non-hydrogen) atoms. The van der Waals surface area contributed by atoms with Gasteiger partial charge in [0.2, 0.25) is 0 Å². The molecule has 0 aromatic carbocycles. The third kappa shape index (κ3) is 2.11. The van der Waals surface area contributed by atoms with Crippen LogP contribution in [0.5, 0.6) is 0 Å². The summed E-state index contributed by atoms with van der Waals surface area (Å²) in [4.78, 5) is 0. The lowest BCUT2D eigenvalue weighted by molar-refractivity contribution is -0.241. The second kappa shape index (κ2) is 4.26. The minimum Gasteiger partial charge on any atom is -0.352 e. The van der Waals surface area contributed by atoms with Crippen LogP contribution in [-0.4, -0.2) is 19.5 Å². The fourth-order valence-electron chi connectivity index (χ4n) is 2.61. The second-order valence-electron chi connectivity index (χ2n) is 5.18. The van der Waals surface area contributed by atoms with Gasteiger partial charge in [0, 0.05) is 5.41 Å². The van der Waals surface area contributed by atoms with Gasteiger partial charge in [0.15, 0.2) is 6.29 Å². The summed E-state index contributed by atoms with van der Waals surface area (Å²) in [5.74, 6) is 0.681. The zero-order valence-corrected chi connectivity index (χ0v) is 10.1. The van der Waals surface area contributed by atoms with Crippen LogP contribution >= 0.6 is 0 Å². The predicted octanol–water partition coefficient (Wildman–Crippen LogP) is 3.13. The van der Waals surface area contributed by atoms with Crippen molar-refractivity contribution in [2.24, 2.45) is 11.3 Å². The van der Waals surface area contributed by atoms with E-state index in [2.05, 4.69) is 26.8 Å². The fourth-order valence-corrected chi connectivity index (χ4v) is 2.61. The van der Waals surface area contributed by atoms with Crippen LogP contribution in [0.3, 0.4) is 0 Å². The lowest BCUT2D eigenvalue weighted by Crippen LogP contribution is -2.46. The van der Waals surface area contributed by atoms with E-state index in [-0.39, 0.29) is 11.7 Å². The van der Waals surface area contributed by atoms with Gasteiger partial charge < -0.3 is 9.47 Å². The lowest BCUT2D eigenvalue weighted by atomic mass is 9.68. The zero-order valence-electron chi connectivity index (χ0n) is 10.1. The molecular weight excluding hydrogens is 188 g/mol. The molecular formula is C13H22O2. The van der Waals surface area contributed by atoms with E-state index in [1.165, 1.54) is 12.0 Å². The van der Waals surface area contributed by atoms with E-state index < -0.39 is 0 Å². The minimum atomic E-state index is 0.0369. The summed E-state index contributed by atoms with van der Waals surface area (Å²) >= 11 is 0. The first kappa shape index (κ1) is 11.2. The molecule has 1 spiro atoms. The van der Waals surface area contributed by atoms with Gasteiger partial charge in [-0.05, 0) is 32.1 Å². The predicted molar refractivity (Wildman–Crippen MR) is 60.6 cm³/mol. The van der Waals surface area contributed by atoms with Gasteiger partial charge in [-0.3, -0.25) is 0 Å². The third-order valence-electron chi connectivity index (χ3n) is 3.98. The van der Waals surface area contributed by atoms with Gasteiger partial charge in [0.05, 0.1) is 13.2 Å². The maximum absolute atomic E-state index is 5.77. The standard InChI is InChI=1S/C13H22O2/c1-4-12-14-8-13(9-15-12)6-5-10(2)7-11(13)3/h5,11-12H,4,6-9H2,1-3H3/t11-,12?,13?/m0/s1. The summed E-state index contributed by atoms with van der Waals surface area (Å²) in [5, 5.41) is 0. The maximum atomic E-state index is 5.77. The molecule has 0 radical (unpaired) electrons. The Balaban J connectivity index is 2.03. The Morgan fingerprint density at radius 1 is 1.40 bits per heavy atom. The van der Waals surface area contributed by atoms with Crippen molar-refractivity contribution in [3.05, 3.63) is 11.6 Å². The van der Waals surface area contributed by atoms with Gasteiger partial charge in [0.1, 0.15) is 0 Å². The average molecular weight is 210 g/mol. The summed E-state index contributed by atoms with van der Waals surface area (Å²) in [7, 11) is 0. The van der Waals surface area contributed by atoms with E-state index >= 15 is 0 Å². The largest absolute Gasteiger partial charge is 0.352 e. The summed E-state index contributed by atoms with van der Waals surface area (Å²) in [6, 6.07) is 0. The smallest absolute Gasteiger partial charge is 0.157 e. The van der Waals surface area contributed by atoms with Gasteiger partial charge in [-0.2, -0.15) is 0 Å². The first-order valence-electron chi connectivity index (χ1n) is 6.05. The summed E-state index contributed by atoms with van der Waals surface area (Å²) in [6.07, 6.45) is 5.67. The van der Waals surface area contributed by atoms with E-state index in [1.807, 2.05) is 0 Å². The first-order valence-corrected chi connectivity index (χ1v) is 6.05. The molecule has 0 aromatic rings. The molecule has 2 nitrogen and oxygen atoms in total. The fraction of sp³-hybridized carbons (Fsp3) is 0.846. The van der Waals surface area contributed by atoms with Crippen LogP contribution in [0.2, 0.25) is 0 Å². The molecule has 1 aliphatic heterocycles. The topological polar surface area (TPSA) is 18.5 Å². The molecule has 0 saturated carbocycles. The molecule has 0 aromatic heterocycles. The van der Waals surface area contributed by atoms with Crippen LogP contribution in [0.25, 0.3) is 0 Å². The third-order valence-corrected chi connectivity index (χ3v) is 3.98. The van der Waals surface area contributed by atoms with E-state index in [0.29, 0.717) is 5.92 Å². The molecule has 1 aliphatic carbocycles. The molecule has 2 aliphatic rings. The molecule has 1 saturated heterocycles. The molecule has 86 valence electrons. The van der Waals surface area contributed by atoms with Gasteiger partial charge >= 0.3 is 0 Å². The number of hydrogen-bond acceptors (Lipinski definition) is 2.